The van der Waals surface area contributed by atoms with Gasteiger partial charge in [-0.05, 0) is 12.1 Å². The Hall–Kier alpha value is -3.11. The van der Waals surface area contributed by atoms with E-state index in [1.54, 1.807) is 0 Å². The van der Waals surface area contributed by atoms with Gasteiger partial charge in [-0.25, -0.2) is 18.3 Å². The molecule has 0 saturated heterocycles. The number of alkyl halides is 2. The van der Waals surface area contributed by atoms with Gasteiger partial charge in [-0.1, -0.05) is 5.21 Å². The number of pyridine rings is 1. The first-order valence-electron chi connectivity index (χ1n) is 7.27. The van der Waals surface area contributed by atoms with Gasteiger partial charge in [0.1, 0.15) is 0 Å². The molecule has 0 bridgehead atoms. The van der Waals surface area contributed by atoms with Gasteiger partial charge in [-0.2, -0.15) is 0 Å². The Morgan fingerprint density at radius 2 is 2.12 bits per heavy atom. The first-order chi connectivity index (χ1) is 11.7. The Labute approximate surface area is 140 Å². The second-order valence-electron chi connectivity index (χ2n) is 5.67. The van der Waals surface area contributed by atoms with Crippen molar-refractivity contribution in [3.63, 3.8) is 0 Å². The lowest BCUT2D eigenvalue weighted by atomic mass is 9.81. The summed E-state index contributed by atoms with van der Waals surface area (Å²) in [6, 6.07) is 3.04. The third-order valence-electron chi connectivity index (χ3n) is 3.71. The van der Waals surface area contributed by atoms with E-state index in [1.807, 2.05) is 0 Å². The number of rotatable bonds is 4. The number of aromatic nitrogens is 4. The van der Waals surface area contributed by atoms with Crippen molar-refractivity contribution in [2.75, 3.05) is 5.32 Å². The van der Waals surface area contributed by atoms with E-state index in [2.05, 4.69) is 20.6 Å². The molecule has 2 aromatic rings. The van der Waals surface area contributed by atoms with Crippen LogP contribution >= 0.6 is 0 Å². The molecular weight excluding hydrogens is 338 g/mol. The number of carbonyl (C=O) groups excluding carboxylic acids is 2. The summed E-state index contributed by atoms with van der Waals surface area (Å²) in [4.78, 5) is 26.9. The minimum Gasteiger partial charge on any atom is -0.389 e. The second kappa shape index (κ2) is 6.07. The number of nitrogens with two attached hydrogens (primary N) is 1. The average molecular weight is 352 g/mol. The zero-order valence-corrected chi connectivity index (χ0v) is 13.1. The van der Waals surface area contributed by atoms with Gasteiger partial charge in [0.15, 0.2) is 5.69 Å². The number of halogens is 2. The third kappa shape index (κ3) is 3.54. The summed E-state index contributed by atoms with van der Waals surface area (Å²) < 4.78 is 31.7. The Bertz CT molecular complexity index is 812. The number of hydrogen-bond acceptors (Lipinski definition) is 6. The summed E-state index contributed by atoms with van der Waals surface area (Å²) in [6.45, 7) is 0. The normalized spacial score (nSPS) is 16.1. The van der Waals surface area contributed by atoms with Gasteiger partial charge >= 0.3 is 6.09 Å². The Kier molecular flexibility index (Phi) is 4.07. The fraction of sp³-hybridized carbons (Fsp3) is 0.357. The predicted octanol–water partition coefficient (Wildman–Crippen LogP) is 1.32. The number of nitrogens with zero attached hydrogens (tertiary/aromatic N) is 4. The number of primary amides is 1. The number of amides is 2. The molecule has 1 aliphatic carbocycles. The molecule has 0 atom stereocenters. The Balaban J connectivity index is 1.71. The van der Waals surface area contributed by atoms with Gasteiger partial charge in [-0.3, -0.25) is 9.78 Å². The average Bonchev–Trinajstić information content (AvgIpc) is 2.86. The third-order valence-corrected chi connectivity index (χ3v) is 3.71. The van der Waals surface area contributed by atoms with Gasteiger partial charge in [0.2, 0.25) is 11.8 Å². The van der Waals surface area contributed by atoms with Crippen LogP contribution in [0.15, 0.2) is 18.3 Å². The second-order valence-corrected chi connectivity index (χ2v) is 5.67. The lowest BCUT2D eigenvalue weighted by molar-refractivity contribution is -0.145. The Morgan fingerprint density at radius 3 is 2.68 bits per heavy atom. The molecule has 0 unspecified atom stereocenters. The molecule has 9 nitrogen and oxygen atoms in total. The summed E-state index contributed by atoms with van der Waals surface area (Å²) in [5.74, 6) is -3.91. The van der Waals surface area contributed by atoms with Crippen molar-refractivity contribution in [1.29, 1.82) is 0 Å². The van der Waals surface area contributed by atoms with Crippen LogP contribution in [0.5, 0.6) is 5.88 Å². The highest BCUT2D eigenvalue weighted by atomic mass is 19.3. The van der Waals surface area contributed by atoms with Crippen molar-refractivity contribution >= 4 is 17.7 Å². The number of aryl methyl sites for hydroxylation is 1. The van der Waals surface area contributed by atoms with Crippen LogP contribution in [0.4, 0.5) is 19.3 Å². The smallest absolute Gasteiger partial charge is 0.389 e. The molecule has 1 aliphatic rings. The van der Waals surface area contributed by atoms with Crippen LogP contribution < -0.4 is 15.8 Å². The molecule has 2 aromatic heterocycles. The minimum atomic E-state index is -2.76. The van der Waals surface area contributed by atoms with Gasteiger partial charge in [0, 0.05) is 25.8 Å². The minimum absolute atomic E-state index is 0.0217. The summed E-state index contributed by atoms with van der Waals surface area (Å²) in [5.41, 5.74) is 5.87. The topological polar surface area (TPSA) is 125 Å². The van der Waals surface area contributed by atoms with Crippen molar-refractivity contribution in [1.82, 2.24) is 20.0 Å². The van der Waals surface area contributed by atoms with E-state index in [4.69, 9.17) is 10.5 Å². The van der Waals surface area contributed by atoms with E-state index in [9.17, 15) is 18.4 Å². The molecule has 0 aromatic carbocycles. The van der Waals surface area contributed by atoms with Gasteiger partial charge in [0.05, 0.1) is 17.6 Å². The zero-order chi connectivity index (χ0) is 18.2. The van der Waals surface area contributed by atoms with Crippen molar-refractivity contribution < 1.29 is 23.1 Å². The maximum atomic E-state index is 12.8. The lowest BCUT2D eigenvalue weighted by Crippen LogP contribution is -2.42. The van der Waals surface area contributed by atoms with Gasteiger partial charge in [-0.15, -0.1) is 5.10 Å². The highest BCUT2D eigenvalue weighted by molar-refractivity contribution is 5.93. The standard InChI is InChI=1S/C14H14F2N6O3/c1-22-12(25-13(17)24)10(20-21-22)9-3-2-8(6-18-9)19-11(23)7-4-14(15,16)5-7/h2-3,6-7H,4-5H2,1H3,(H2,17,24)(H,19,23). The molecule has 0 spiro atoms. The number of nitrogens with one attached hydrogen (secondary N) is 1. The molecule has 2 amide bonds. The van der Waals surface area contributed by atoms with Crippen LogP contribution in [0.1, 0.15) is 12.8 Å². The largest absolute Gasteiger partial charge is 0.411 e. The summed E-state index contributed by atoms with van der Waals surface area (Å²) in [5, 5.41) is 10.1. The molecule has 25 heavy (non-hydrogen) atoms. The first-order valence-corrected chi connectivity index (χ1v) is 7.27. The number of ether oxygens (including phenoxy) is 1. The van der Waals surface area contributed by atoms with E-state index in [0.717, 1.165) is 0 Å². The van der Waals surface area contributed by atoms with Crippen LogP contribution in [-0.4, -0.2) is 37.9 Å². The molecule has 11 heteroatoms. The van der Waals surface area contributed by atoms with E-state index in [0.29, 0.717) is 11.4 Å². The first kappa shape index (κ1) is 16.7. The molecule has 2 heterocycles. The van der Waals surface area contributed by atoms with Crippen molar-refractivity contribution in [3.8, 4) is 17.3 Å². The molecule has 3 rings (SSSR count). The van der Waals surface area contributed by atoms with Crippen molar-refractivity contribution in [3.05, 3.63) is 18.3 Å². The molecule has 132 valence electrons. The Morgan fingerprint density at radius 1 is 1.40 bits per heavy atom. The molecular formula is C14H14F2N6O3. The number of hydrogen-bond donors (Lipinski definition) is 2. The number of anilines is 1. The van der Waals surface area contributed by atoms with Crippen LogP contribution in [-0.2, 0) is 11.8 Å². The van der Waals surface area contributed by atoms with Crippen LogP contribution in [0, 0.1) is 5.92 Å². The summed E-state index contributed by atoms with van der Waals surface area (Å²) in [6.07, 6.45) is -0.574. The van der Waals surface area contributed by atoms with Crippen LogP contribution in [0.2, 0.25) is 0 Å². The molecule has 1 saturated carbocycles. The fourth-order valence-corrected chi connectivity index (χ4v) is 2.42. The van der Waals surface area contributed by atoms with E-state index in [-0.39, 0.29) is 11.6 Å². The van der Waals surface area contributed by atoms with E-state index in [1.165, 1.54) is 30.1 Å². The fourth-order valence-electron chi connectivity index (χ4n) is 2.42. The predicted molar refractivity (Wildman–Crippen MR) is 80.7 cm³/mol. The highest BCUT2D eigenvalue weighted by Crippen LogP contribution is 2.42. The van der Waals surface area contributed by atoms with Gasteiger partial charge in [0.25, 0.3) is 5.88 Å². The molecule has 0 radical (unpaired) electrons. The van der Waals surface area contributed by atoms with E-state index < -0.39 is 36.7 Å². The highest BCUT2D eigenvalue weighted by Gasteiger charge is 2.48. The van der Waals surface area contributed by atoms with Gasteiger partial charge < -0.3 is 15.8 Å². The monoisotopic (exact) mass is 352 g/mol. The SMILES string of the molecule is Cn1nnc(-c2ccc(NC(=O)C3CC(F)(F)C3)cn2)c1OC(N)=O. The summed E-state index contributed by atoms with van der Waals surface area (Å²) in [7, 11) is 1.51. The molecule has 3 N–H and O–H groups in total. The maximum Gasteiger partial charge on any atom is 0.411 e. The molecule has 0 aliphatic heterocycles. The van der Waals surface area contributed by atoms with Crippen molar-refractivity contribution in [2.45, 2.75) is 18.8 Å². The van der Waals surface area contributed by atoms with E-state index >= 15 is 0 Å². The van der Waals surface area contributed by atoms with Crippen LogP contribution in [0.3, 0.4) is 0 Å². The number of carbonyl (C=O) groups is 2. The lowest BCUT2D eigenvalue weighted by Gasteiger charge is -2.33. The van der Waals surface area contributed by atoms with Crippen molar-refractivity contribution in [2.24, 2.45) is 18.7 Å². The quantitative estimate of drug-likeness (QED) is 0.855. The van der Waals surface area contributed by atoms with Crippen LogP contribution in [0.25, 0.3) is 11.4 Å². The zero-order valence-electron chi connectivity index (χ0n) is 13.1. The summed E-state index contributed by atoms with van der Waals surface area (Å²) >= 11 is 0. The maximum absolute atomic E-state index is 12.8. The molecule has 1 fully saturated rings.